The number of likely N-dealkylation sites (tertiary alicyclic amines) is 1. The number of hydrogen-bond donors (Lipinski definition) is 0. The minimum Gasteiger partial charge on any atom is -0.457 e. The van der Waals surface area contributed by atoms with Crippen molar-refractivity contribution in [1.29, 1.82) is 0 Å². The number of hydrogen-bond acceptors (Lipinski definition) is 8. The van der Waals surface area contributed by atoms with Crippen LogP contribution in [0.4, 0.5) is 0 Å². The molecule has 0 unspecified atom stereocenters. The zero-order valence-corrected chi connectivity index (χ0v) is 36.3. The van der Waals surface area contributed by atoms with Gasteiger partial charge in [0.2, 0.25) is 5.91 Å². The second-order valence-corrected chi connectivity index (χ2v) is 25.3. The number of imidazole rings is 1. The summed E-state index contributed by atoms with van der Waals surface area (Å²) < 4.78 is 14.8. The highest BCUT2D eigenvalue weighted by atomic mass is 32.2. The Morgan fingerprint density at radius 3 is 1.96 bits per heavy atom. The monoisotopic (exact) mass is 811 g/mol. The number of fused-ring (bicyclic) bond motifs is 1. The van der Waals surface area contributed by atoms with Crippen molar-refractivity contribution in [3.05, 3.63) is 121 Å². The van der Waals surface area contributed by atoms with E-state index >= 15 is 9.59 Å². The molecule has 0 spiro atoms. The van der Waals surface area contributed by atoms with Gasteiger partial charge in [0.1, 0.15) is 28.2 Å². The number of thioether (sulfide) groups is 1. The number of carbonyl (C=O) groups excluding carboxylic acids is 3. The summed E-state index contributed by atoms with van der Waals surface area (Å²) in [5, 5.41) is 3.36. The molecule has 1 fully saturated rings. The van der Waals surface area contributed by atoms with Gasteiger partial charge in [-0.05, 0) is 47.2 Å². The van der Waals surface area contributed by atoms with Gasteiger partial charge in [-0.3, -0.25) is 14.0 Å². The highest BCUT2D eigenvalue weighted by molar-refractivity contribution is 7.98. The van der Waals surface area contributed by atoms with Gasteiger partial charge >= 0.3 is 5.97 Å². The van der Waals surface area contributed by atoms with E-state index in [4.69, 9.17) is 9.16 Å². The summed E-state index contributed by atoms with van der Waals surface area (Å²) in [7, 11) is -2.37. The van der Waals surface area contributed by atoms with Crippen LogP contribution in [-0.2, 0) is 18.8 Å². The van der Waals surface area contributed by atoms with Gasteiger partial charge in [0, 0.05) is 19.0 Å². The highest BCUT2D eigenvalue weighted by Gasteiger charge is 2.59. The molecule has 1 amide bonds. The summed E-state index contributed by atoms with van der Waals surface area (Å²) in [6, 6.07) is 29.0. The molecule has 2 aromatic heterocycles. The average Bonchev–Trinajstić information content (AvgIpc) is 3.77. The Balaban J connectivity index is 1.66. The molecule has 1 aliphatic heterocycles. The van der Waals surface area contributed by atoms with Crippen LogP contribution in [0.3, 0.4) is 0 Å². The lowest BCUT2D eigenvalue weighted by Gasteiger charge is -2.54. The topological polar surface area (TPSA) is 90.2 Å². The first-order valence-electron chi connectivity index (χ1n) is 18.5. The maximum absolute atomic E-state index is 15.3. The van der Waals surface area contributed by atoms with Crippen LogP contribution in [0.5, 0.6) is 0 Å². The minimum atomic E-state index is -3.19. The van der Waals surface area contributed by atoms with Crippen molar-refractivity contribution in [3.63, 3.8) is 0 Å². The Labute approximate surface area is 334 Å². The SMILES string of the molecule is C=CCOC(=O)C(N1C(=O)[C@H]([C@@H](C)O[Si](C)(C)C(C)(C)C)[C@H]1[C@@H](C)C(=O)c1cn2cnc(SC)c2s1)=P(c1ccccc1)(c1ccccc1)c1ccccc1. The third-order valence-electron chi connectivity index (χ3n) is 11.0. The summed E-state index contributed by atoms with van der Waals surface area (Å²) in [6.07, 6.45) is 6.50. The fourth-order valence-electron chi connectivity index (χ4n) is 7.28. The summed E-state index contributed by atoms with van der Waals surface area (Å²) in [4.78, 5) is 52.7. The van der Waals surface area contributed by atoms with Crippen LogP contribution in [0.1, 0.15) is 44.3 Å². The fraction of sp³-hybridized carbons (Fsp3) is 0.326. The third-order valence-corrected chi connectivity index (χ3v) is 21.8. The van der Waals surface area contributed by atoms with Crippen LogP contribution in [-0.4, -0.2) is 70.7 Å². The Hall–Kier alpha value is -3.99. The predicted molar refractivity (Wildman–Crippen MR) is 232 cm³/mol. The van der Waals surface area contributed by atoms with Crippen LogP contribution >= 0.6 is 30.0 Å². The largest absolute Gasteiger partial charge is 0.457 e. The molecular weight excluding hydrogens is 762 g/mol. The molecule has 55 heavy (non-hydrogen) atoms. The molecule has 0 N–H and O–H groups in total. The van der Waals surface area contributed by atoms with E-state index in [0.717, 1.165) is 25.8 Å². The Morgan fingerprint density at radius 2 is 1.49 bits per heavy atom. The van der Waals surface area contributed by atoms with Crippen LogP contribution in [0.25, 0.3) is 4.83 Å². The first-order chi connectivity index (χ1) is 26.2. The van der Waals surface area contributed by atoms with E-state index in [1.54, 1.807) is 11.2 Å². The van der Waals surface area contributed by atoms with Crippen molar-refractivity contribution in [1.82, 2.24) is 14.3 Å². The van der Waals surface area contributed by atoms with Crippen molar-refractivity contribution in [3.8, 4) is 0 Å². The number of ketones is 1. The molecule has 8 nitrogen and oxygen atoms in total. The number of Topliss-reactive ketones (excluding diaryl/α,β-unsaturated/α-hetero) is 1. The van der Waals surface area contributed by atoms with Crippen LogP contribution < -0.4 is 15.9 Å². The van der Waals surface area contributed by atoms with Gasteiger partial charge in [0.15, 0.2) is 14.1 Å². The number of β-lactam (4-membered cyclic amide) rings is 1. The maximum Gasteiger partial charge on any atom is 0.356 e. The van der Waals surface area contributed by atoms with Gasteiger partial charge in [-0.2, -0.15) is 0 Å². The molecule has 1 aliphatic rings. The summed E-state index contributed by atoms with van der Waals surface area (Å²) in [5.41, 5.74) is 0.233. The number of ether oxygens (including phenoxy) is 1. The summed E-state index contributed by atoms with van der Waals surface area (Å²) in [5.74, 6) is -2.42. The molecule has 3 aromatic carbocycles. The first kappa shape index (κ1) is 40.7. The van der Waals surface area contributed by atoms with Gasteiger partial charge in [0.05, 0.1) is 22.9 Å². The standard InChI is InChI=1S/C43H50N3O5PS2Si/c1-10-26-50-42(49)40(52(31-20-14-11-15-21-31,32-22-16-12-17-23-32)33-24-18-13-19-25-33)46-36(35(39(46)48)30(3)51-55(8,9)43(4,5)6)29(2)37(47)34-27-45-28-44-38(53-7)41(45)54-34/h10-25,27-30,35-36H,1,26H2,2-9H3/t29-,30-,35-,36-/m1/s1. The van der Waals surface area contributed by atoms with E-state index in [2.05, 4.69) is 45.4 Å². The molecule has 4 atom stereocenters. The highest BCUT2D eigenvalue weighted by Crippen LogP contribution is 2.51. The number of amides is 1. The molecule has 12 heteroatoms. The van der Waals surface area contributed by atoms with E-state index in [0.29, 0.717) is 4.88 Å². The van der Waals surface area contributed by atoms with Crippen molar-refractivity contribution in [2.24, 2.45) is 11.8 Å². The minimum absolute atomic E-state index is 0.0516. The fourth-order valence-corrected chi connectivity index (χ4v) is 14.9. The van der Waals surface area contributed by atoms with Gasteiger partial charge in [0.25, 0.3) is 0 Å². The summed E-state index contributed by atoms with van der Waals surface area (Å²) in [6.45, 7) is 15.2. The molecule has 5 aromatic rings. The van der Waals surface area contributed by atoms with Crippen molar-refractivity contribution in [2.75, 3.05) is 12.9 Å². The van der Waals surface area contributed by atoms with Crippen LogP contribution in [0.15, 0.2) is 121 Å². The van der Waals surface area contributed by atoms with E-state index in [-0.39, 0.29) is 28.8 Å². The Kier molecular flexibility index (Phi) is 12.0. The van der Waals surface area contributed by atoms with Gasteiger partial charge in [-0.25, -0.2) is 9.78 Å². The van der Waals surface area contributed by atoms with Crippen molar-refractivity contribution < 1.29 is 23.5 Å². The number of esters is 1. The molecule has 0 saturated carbocycles. The zero-order valence-electron chi connectivity index (χ0n) is 32.8. The lowest BCUT2D eigenvalue weighted by atomic mass is 9.75. The van der Waals surface area contributed by atoms with Gasteiger partial charge in [-0.1, -0.05) is 131 Å². The molecule has 288 valence electrons. The molecule has 0 bridgehead atoms. The van der Waals surface area contributed by atoms with E-state index in [1.807, 2.05) is 122 Å². The molecule has 3 heterocycles. The number of thiazole rings is 1. The Bertz CT molecular complexity index is 2150. The number of rotatable bonds is 14. The number of nitrogens with zero attached hydrogens (tertiary/aromatic N) is 3. The van der Waals surface area contributed by atoms with E-state index < -0.39 is 45.2 Å². The van der Waals surface area contributed by atoms with Gasteiger partial charge < -0.3 is 14.1 Å². The maximum atomic E-state index is 15.3. The Morgan fingerprint density at radius 1 is 0.964 bits per heavy atom. The summed E-state index contributed by atoms with van der Waals surface area (Å²) >= 11 is 2.92. The third kappa shape index (κ3) is 7.38. The molecular formula is C43H50N3O5PS2Si. The smallest absolute Gasteiger partial charge is 0.356 e. The predicted octanol–water partition coefficient (Wildman–Crippen LogP) is 8.03. The first-order valence-corrected chi connectivity index (χ1v) is 25.2. The normalized spacial score (nSPS) is 17.4. The quantitative estimate of drug-likeness (QED) is 0.0214. The number of benzene rings is 3. The number of carbonyl (C=O) groups is 3. The van der Waals surface area contributed by atoms with E-state index in [1.165, 1.54) is 29.2 Å². The second kappa shape index (κ2) is 16.2. The molecule has 0 aliphatic carbocycles. The van der Waals surface area contributed by atoms with Crippen LogP contribution in [0.2, 0.25) is 18.1 Å². The van der Waals surface area contributed by atoms with E-state index in [9.17, 15) is 4.79 Å². The zero-order chi connectivity index (χ0) is 39.7. The molecule has 6 rings (SSSR count). The average molecular weight is 812 g/mol. The molecule has 1 saturated heterocycles. The van der Waals surface area contributed by atoms with Crippen LogP contribution in [0, 0.1) is 11.8 Å². The van der Waals surface area contributed by atoms with Crippen molar-refractivity contribution >= 4 is 82.1 Å². The lowest BCUT2D eigenvalue weighted by molar-refractivity contribution is -0.158. The van der Waals surface area contributed by atoms with Gasteiger partial charge in [-0.15, -0.1) is 23.1 Å². The number of aromatic nitrogens is 2. The molecule has 0 radical (unpaired) electrons. The van der Waals surface area contributed by atoms with Crippen molar-refractivity contribution in [2.45, 2.75) is 69.9 Å². The second-order valence-electron chi connectivity index (χ2n) is 15.4. The lowest BCUT2D eigenvalue weighted by Crippen LogP contribution is -2.71.